The maximum Gasteiger partial charge on any atom is 0.124 e. The lowest BCUT2D eigenvalue weighted by atomic mass is 10.1. The van der Waals surface area contributed by atoms with Gasteiger partial charge in [0.1, 0.15) is 5.82 Å². The van der Waals surface area contributed by atoms with E-state index in [1.807, 2.05) is 24.3 Å². The van der Waals surface area contributed by atoms with Crippen molar-refractivity contribution in [2.24, 2.45) is 5.73 Å². The Kier molecular flexibility index (Phi) is 3.95. The number of hydrogen-bond donors (Lipinski definition) is 1. The molecule has 0 bridgehead atoms. The smallest absolute Gasteiger partial charge is 0.124 e. The number of halogens is 3. The van der Waals surface area contributed by atoms with Crippen molar-refractivity contribution < 1.29 is 4.39 Å². The molecule has 1 heterocycles. The molecule has 3 rings (SSSR count). The molecule has 1 aromatic heterocycles. The van der Waals surface area contributed by atoms with Crippen molar-refractivity contribution in [1.82, 2.24) is 0 Å². The molecule has 0 amide bonds. The molecule has 0 saturated heterocycles. The van der Waals surface area contributed by atoms with Gasteiger partial charge in [-0.25, -0.2) is 4.39 Å². The van der Waals surface area contributed by atoms with Crippen LogP contribution in [0.25, 0.3) is 10.1 Å². The molecule has 0 aliphatic rings. The van der Waals surface area contributed by atoms with Crippen LogP contribution in [0, 0.1) is 5.82 Å². The third-order valence-corrected chi connectivity index (χ3v) is 5.50. The molecule has 0 aliphatic heterocycles. The zero-order valence-electron chi connectivity index (χ0n) is 10.2. The van der Waals surface area contributed by atoms with Crippen LogP contribution in [0.3, 0.4) is 0 Å². The summed E-state index contributed by atoms with van der Waals surface area (Å²) in [5.74, 6) is -0.219. The predicted molar refractivity (Wildman–Crippen MR) is 89.7 cm³/mol. The minimum Gasteiger partial charge on any atom is -0.320 e. The van der Waals surface area contributed by atoms with E-state index in [9.17, 15) is 4.39 Å². The molecule has 2 aromatic carbocycles. The molecule has 3 aromatic rings. The first-order valence-electron chi connectivity index (χ1n) is 5.94. The Bertz CT molecular complexity index is 785. The third kappa shape index (κ3) is 2.68. The molecule has 0 saturated carbocycles. The Morgan fingerprint density at radius 1 is 1.05 bits per heavy atom. The van der Waals surface area contributed by atoms with Crippen LogP contribution in [-0.4, -0.2) is 0 Å². The van der Waals surface area contributed by atoms with Crippen LogP contribution in [0.15, 0.2) is 51.4 Å². The summed E-state index contributed by atoms with van der Waals surface area (Å²) in [6.45, 7) is 0. The van der Waals surface area contributed by atoms with Crippen molar-refractivity contribution in [3.8, 4) is 0 Å². The van der Waals surface area contributed by atoms with Gasteiger partial charge in [-0.1, -0.05) is 37.9 Å². The first-order valence-corrected chi connectivity index (χ1v) is 8.34. The summed E-state index contributed by atoms with van der Waals surface area (Å²) in [7, 11) is 0. The highest BCUT2D eigenvalue weighted by molar-refractivity contribution is 9.11. The summed E-state index contributed by atoms with van der Waals surface area (Å²) in [5.41, 5.74) is 7.36. The first-order chi connectivity index (χ1) is 9.54. The fourth-order valence-corrected chi connectivity index (χ4v) is 4.07. The number of fused-ring (bicyclic) bond motifs is 1. The van der Waals surface area contributed by atoms with Gasteiger partial charge in [-0.05, 0) is 47.3 Å². The van der Waals surface area contributed by atoms with Crippen molar-refractivity contribution in [2.45, 2.75) is 6.04 Å². The Hall–Kier alpha value is -0.750. The SMILES string of the molecule is NC(c1cc2ccc(F)cc2s1)c1cc(Br)ccc1Br. The molecule has 0 fully saturated rings. The van der Waals surface area contributed by atoms with Crippen LogP contribution in [-0.2, 0) is 0 Å². The van der Waals surface area contributed by atoms with Gasteiger partial charge in [-0.15, -0.1) is 11.3 Å². The number of benzene rings is 2. The Balaban J connectivity index is 2.07. The maximum atomic E-state index is 13.2. The van der Waals surface area contributed by atoms with Crippen LogP contribution in [0.1, 0.15) is 16.5 Å². The molecule has 5 heteroatoms. The van der Waals surface area contributed by atoms with E-state index in [-0.39, 0.29) is 11.9 Å². The van der Waals surface area contributed by atoms with Gasteiger partial charge in [0.2, 0.25) is 0 Å². The van der Waals surface area contributed by atoms with Crippen molar-refractivity contribution in [3.63, 3.8) is 0 Å². The predicted octanol–water partition coefficient (Wildman–Crippen LogP) is 5.61. The van der Waals surface area contributed by atoms with Gasteiger partial charge in [0.25, 0.3) is 0 Å². The van der Waals surface area contributed by atoms with E-state index in [1.54, 1.807) is 12.1 Å². The van der Waals surface area contributed by atoms with E-state index in [2.05, 4.69) is 31.9 Å². The van der Waals surface area contributed by atoms with E-state index < -0.39 is 0 Å². The summed E-state index contributed by atoms with van der Waals surface area (Å²) in [6, 6.07) is 12.5. The van der Waals surface area contributed by atoms with Gasteiger partial charge in [0.05, 0.1) is 6.04 Å². The second kappa shape index (κ2) is 5.56. The number of hydrogen-bond acceptors (Lipinski definition) is 2. The highest BCUT2D eigenvalue weighted by Gasteiger charge is 2.15. The second-order valence-corrected chi connectivity index (χ2v) is 7.36. The van der Waals surface area contributed by atoms with Gasteiger partial charge in [0.15, 0.2) is 0 Å². The van der Waals surface area contributed by atoms with Gasteiger partial charge < -0.3 is 5.73 Å². The molecule has 1 atom stereocenters. The minimum atomic E-state index is -0.234. The number of rotatable bonds is 2. The van der Waals surface area contributed by atoms with E-state index in [0.717, 1.165) is 29.5 Å². The molecule has 0 radical (unpaired) electrons. The molecule has 0 aliphatic carbocycles. The standard InChI is InChI=1S/C15H10Br2FNS/c16-9-2-4-12(17)11(6-9)15(19)14-5-8-1-3-10(18)7-13(8)20-14/h1-7,15H,19H2. The molecule has 2 N–H and O–H groups in total. The molecule has 20 heavy (non-hydrogen) atoms. The molecule has 102 valence electrons. The maximum absolute atomic E-state index is 13.2. The zero-order valence-corrected chi connectivity index (χ0v) is 14.2. The largest absolute Gasteiger partial charge is 0.320 e. The summed E-state index contributed by atoms with van der Waals surface area (Å²) in [6.07, 6.45) is 0. The Labute approximate surface area is 136 Å². The van der Waals surface area contributed by atoms with Crippen molar-refractivity contribution in [1.29, 1.82) is 0 Å². The average Bonchev–Trinajstić information content (AvgIpc) is 2.83. The van der Waals surface area contributed by atoms with Crippen LogP contribution < -0.4 is 5.73 Å². The summed E-state index contributed by atoms with van der Waals surface area (Å²) in [5, 5.41) is 1.02. The molecular weight excluding hydrogens is 405 g/mol. The highest BCUT2D eigenvalue weighted by atomic mass is 79.9. The molecule has 0 spiro atoms. The van der Waals surface area contributed by atoms with Gasteiger partial charge in [-0.2, -0.15) is 0 Å². The summed E-state index contributed by atoms with van der Waals surface area (Å²) < 4.78 is 16.1. The van der Waals surface area contributed by atoms with Gasteiger partial charge in [0, 0.05) is 18.5 Å². The number of thiophene rings is 1. The monoisotopic (exact) mass is 413 g/mol. The first kappa shape index (κ1) is 14.2. The summed E-state index contributed by atoms with van der Waals surface area (Å²) in [4.78, 5) is 1.02. The lowest BCUT2D eigenvalue weighted by molar-refractivity contribution is 0.630. The van der Waals surface area contributed by atoms with Crippen molar-refractivity contribution >= 4 is 53.3 Å². The molecule has 1 nitrogen and oxygen atoms in total. The van der Waals surface area contributed by atoms with Gasteiger partial charge >= 0.3 is 0 Å². The average molecular weight is 415 g/mol. The summed E-state index contributed by atoms with van der Waals surface area (Å²) >= 11 is 8.51. The fourth-order valence-electron chi connectivity index (χ4n) is 2.08. The Morgan fingerprint density at radius 3 is 2.65 bits per heavy atom. The van der Waals surface area contributed by atoms with Crippen LogP contribution in [0.4, 0.5) is 4.39 Å². The molecular formula is C15H10Br2FNS. The van der Waals surface area contributed by atoms with Crippen LogP contribution in [0.2, 0.25) is 0 Å². The molecule has 1 unspecified atom stereocenters. The van der Waals surface area contributed by atoms with E-state index >= 15 is 0 Å². The van der Waals surface area contributed by atoms with E-state index in [0.29, 0.717) is 0 Å². The minimum absolute atomic E-state index is 0.219. The Morgan fingerprint density at radius 2 is 1.85 bits per heavy atom. The lowest BCUT2D eigenvalue weighted by Gasteiger charge is -2.12. The van der Waals surface area contributed by atoms with Crippen LogP contribution in [0.5, 0.6) is 0 Å². The van der Waals surface area contributed by atoms with Crippen molar-refractivity contribution in [3.05, 3.63) is 67.7 Å². The van der Waals surface area contributed by atoms with E-state index in [4.69, 9.17) is 5.73 Å². The van der Waals surface area contributed by atoms with Crippen LogP contribution >= 0.6 is 43.2 Å². The topological polar surface area (TPSA) is 26.0 Å². The second-order valence-electron chi connectivity index (χ2n) is 4.47. The normalized spacial score (nSPS) is 12.8. The number of nitrogens with two attached hydrogens (primary N) is 1. The third-order valence-electron chi connectivity index (χ3n) is 3.10. The van der Waals surface area contributed by atoms with E-state index in [1.165, 1.54) is 17.4 Å². The van der Waals surface area contributed by atoms with Crippen molar-refractivity contribution in [2.75, 3.05) is 0 Å². The van der Waals surface area contributed by atoms with Gasteiger partial charge in [-0.3, -0.25) is 0 Å². The quantitative estimate of drug-likeness (QED) is 0.579. The zero-order chi connectivity index (χ0) is 14.3. The lowest BCUT2D eigenvalue weighted by Crippen LogP contribution is -2.10. The fraction of sp³-hybridized carbons (Fsp3) is 0.0667. The highest BCUT2D eigenvalue weighted by Crippen LogP contribution is 2.35.